The van der Waals surface area contributed by atoms with Crippen LogP contribution in [0.15, 0.2) is 0 Å². The molecule has 0 aromatic rings. The molecule has 0 aliphatic heterocycles. The number of carboxylic acids is 2. The zero-order valence-electron chi connectivity index (χ0n) is 10.5. The van der Waals surface area contributed by atoms with Gasteiger partial charge in [0.2, 0.25) is 0 Å². The van der Waals surface area contributed by atoms with Gasteiger partial charge in [-0.1, -0.05) is 13.8 Å². The second-order valence-corrected chi connectivity index (χ2v) is 3.13. The molecule has 0 aromatic heterocycles. The third kappa shape index (κ3) is 5.99. The Morgan fingerprint density at radius 2 is 1.62 bits per heavy atom. The van der Waals surface area contributed by atoms with Crippen molar-refractivity contribution in [2.75, 3.05) is 7.11 Å². The van der Waals surface area contributed by atoms with Crippen molar-refractivity contribution in [1.29, 1.82) is 0 Å². The van der Waals surface area contributed by atoms with Crippen LogP contribution in [0.2, 0.25) is 0 Å². The van der Waals surface area contributed by atoms with Gasteiger partial charge in [-0.25, -0.2) is 0 Å². The Kier molecular flexibility index (Phi) is 13.7. The van der Waals surface area contributed by atoms with E-state index in [1.54, 1.807) is 6.92 Å². The molecule has 0 heterocycles. The SMILES string of the molecule is CCC(OC)C(C(=O)[O-])C(C)C(=O)[O-].[Li+].[Li+]. The normalized spacial score (nSPS) is 14.9. The largest absolute Gasteiger partial charge is 1.00 e. The van der Waals surface area contributed by atoms with E-state index in [9.17, 15) is 19.8 Å². The molecule has 0 saturated heterocycles. The quantitative estimate of drug-likeness (QED) is 0.411. The van der Waals surface area contributed by atoms with Crippen LogP contribution in [0.1, 0.15) is 20.3 Å². The summed E-state index contributed by atoms with van der Waals surface area (Å²) in [5.74, 6) is -5.12. The van der Waals surface area contributed by atoms with Crippen LogP contribution in [0.25, 0.3) is 0 Å². The number of carboxylic acid groups (broad SMARTS) is 2. The molecule has 0 aromatic carbocycles. The minimum Gasteiger partial charge on any atom is -0.550 e. The molecule has 7 heteroatoms. The third-order valence-corrected chi connectivity index (χ3v) is 2.29. The molecular weight excluding hydrogens is 202 g/mol. The van der Waals surface area contributed by atoms with Gasteiger partial charge in [-0.05, 0) is 6.42 Å². The summed E-state index contributed by atoms with van der Waals surface area (Å²) >= 11 is 0. The number of aliphatic carboxylic acids is 2. The summed E-state index contributed by atoms with van der Waals surface area (Å²) in [5, 5.41) is 21.2. The van der Waals surface area contributed by atoms with Gasteiger partial charge < -0.3 is 24.5 Å². The van der Waals surface area contributed by atoms with Gasteiger partial charge in [-0.2, -0.15) is 0 Å². The van der Waals surface area contributed by atoms with Crippen LogP contribution in [-0.4, -0.2) is 25.2 Å². The third-order valence-electron chi connectivity index (χ3n) is 2.29. The van der Waals surface area contributed by atoms with Crippen LogP contribution in [0, 0.1) is 11.8 Å². The minimum absolute atomic E-state index is 0. The predicted molar refractivity (Wildman–Crippen MR) is 43.8 cm³/mol. The standard InChI is InChI=1S/C9H16O5.2Li/c1-4-6(14-3)7(9(12)13)5(2)8(10)11;;/h5-7H,4H2,1-3H3,(H,10,11)(H,12,13);;/q;2*+1/p-2. The second kappa shape index (κ2) is 10.3. The van der Waals surface area contributed by atoms with Crippen molar-refractivity contribution in [3.8, 4) is 0 Å². The first kappa shape index (κ1) is 21.4. The second-order valence-electron chi connectivity index (χ2n) is 3.13. The van der Waals surface area contributed by atoms with Gasteiger partial charge in [0.25, 0.3) is 0 Å². The maximum absolute atomic E-state index is 10.7. The van der Waals surface area contributed by atoms with Gasteiger partial charge >= 0.3 is 37.7 Å². The smallest absolute Gasteiger partial charge is 0.550 e. The van der Waals surface area contributed by atoms with Crippen molar-refractivity contribution in [3.63, 3.8) is 0 Å². The van der Waals surface area contributed by atoms with Crippen molar-refractivity contribution in [1.82, 2.24) is 0 Å². The molecule has 0 aliphatic carbocycles. The van der Waals surface area contributed by atoms with Gasteiger partial charge in [0.05, 0.1) is 6.10 Å². The molecule has 0 rings (SSSR count). The predicted octanol–water partition coefficient (Wildman–Crippen LogP) is -7.83. The summed E-state index contributed by atoms with van der Waals surface area (Å²) in [7, 11) is 1.34. The Morgan fingerprint density at radius 1 is 1.19 bits per heavy atom. The summed E-state index contributed by atoms with van der Waals surface area (Å²) in [4.78, 5) is 21.2. The number of methoxy groups -OCH3 is 1. The Bertz CT molecular complexity index is 218. The molecule has 16 heavy (non-hydrogen) atoms. The molecule has 5 nitrogen and oxygen atoms in total. The molecule has 82 valence electrons. The van der Waals surface area contributed by atoms with E-state index in [1.165, 1.54) is 14.0 Å². The molecule has 0 aliphatic rings. The molecule has 0 saturated carbocycles. The molecule has 0 fully saturated rings. The van der Waals surface area contributed by atoms with Crippen LogP contribution < -0.4 is 47.9 Å². The molecule has 0 N–H and O–H groups in total. The Balaban J connectivity index is -0.000000845. The Labute approximate surface area is 119 Å². The Morgan fingerprint density at radius 3 is 1.81 bits per heavy atom. The van der Waals surface area contributed by atoms with E-state index >= 15 is 0 Å². The monoisotopic (exact) mass is 216 g/mol. The van der Waals surface area contributed by atoms with Gasteiger partial charge in [-0.15, -0.1) is 0 Å². The maximum atomic E-state index is 10.7. The summed E-state index contributed by atoms with van der Waals surface area (Å²) in [5.41, 5.74) is 0. The number of carbonyl (C=O) groups excluding carboxylic acids is 2. The van der Waals surface area contributed by atoms with E-state index in [-0.39, 0.29) is 37.7 Å². The number of rotatable bonds is 6. The van der Waals surface area contributed by atoms with E-state index < -0.39 is 29.9 Å². The fraction of sp³-hybridized carbons (Fsp3) is 0.778. The summed E-state index contributed by atoms with van der Waals surface area (Å²) in [6.45, 7) is 2.99. The average molecular weight is 216 g/mol. The number of carbonyl (C=O) groups is 2. The maximum Gasteiger partial charge on any atom is 1.00 e. The number of hydrogen-bond acceptors (Lipinski definition) is 5. The molecular formula is C9H14Li2O5. The first-order chi connectivity index (χ1) is 6.45. The molecule has 0 spiro atoms. The van der Waals surface area contributed by atoms with Gasteiger partial charge in [0.15, 0.2) is 0 Å². The summed E-state index contributed by atoms with van der Waals surface area (Å²) < 4.78 is 4.88. The van der Waals surface area contributed by atoms with E-state index in [0.717, 1.165) is 0 Å². The van der Waals surface area contributed by atoms with Crippen molar-refractivity contribution >= 4 is 11.9 Å². The summed E-state index contributed by atoms with van der Waals surface area (Å²) in [6, 6.07) is 0. The zero-order chi connectivity index (χ0) is 11.3. The van der Waals surface area contributed by atoms with Gasteiger partial charge in [0, 0.05) is 30.9 Å². The fourth-order valence-electron chi connectivity index (χ4n) is 1.39. The molecule has 3 unspecified atom stereocenters. The van der Waals surface area contributed by atoms with Crippen LogP contribution >= 0.6 is 0 Å². The van der Waals surface area contributed by atoms with E-state index in [4.69, 9.17) is 4.74 Å². The first-order valence-corrected chi connectivity index (χ1v) is 4.40. The van der Waals surface area contributed by atoms with Gasteiger partial charge in [-0.3, -0.25) is 0 Å². The van der Waals surface area contributed by atoms with Crippen molar-refractivity contribution < 1.29 is 62.3 Å². The summed E-state index contributed by atoms with van der Waals surface area (Å²) in [6.07, 6.45) is -0.250. The first-order valence-electron chi connectivity index (χ1n) is 4.40. The fourth-order valence-corrected chi connectivity index (χ4v) is 1.39. The Hall–Kier alpha value is 0.0948. The molecule has 3 atom stereocenters. The topological polar surface area (TPSA) is 89.5 Å². The number of hydrogen-bond donors (Lipinski definition) is 0. The van der Waals surface area contributed by atoms with Crippen LogP contribution in [0.5, 0.6) is 0 Å². The van der Waals surface area contributed by atoms with Crippen LogP contribution in [0.4, 0.5) is 0 Å². The van der Waals surface area contributed by atoms with E-state index in [0.29, 0.717) is 6.42 Å². The zero-order valence-corrected chi connectivity index (χ0v) is 10.5. The van der Waals surface area contributed by atoms with Crippen LogP contribution in [0.3, 0.4) is 0 Å². The van der Waals surface area contributed by atoms with Crippen molar-refractivity contribution in [3.05, 3.63) is 0 Å². The molecule has 0 radical (unpaired) electrons. The van der Waals surface area contributed by atoms with E-state index in [2.05, 4.69) is 0 Å². The van der Waals surface area contributed by atoms with Gasteiger partial charge in [0.1, 0.15) is 0 Å². The minimum atomic E-state index is -1.42. The van der Waals surface area contributed by atoms with Crippen molar-refractivity contribution in [2.24, 2.45) is 11.8 Å². The van der Waals surface area contributed by atoms with Crippen LogP contribution in [-0.2, 0) is 14.3 Å². The molecule has 0 bridgehead atoms. The average Bonchev–Trinajstić information content (AvgIpc) is 2.12. The van der Waals surface area contributed by atoms with Crippen molar-refractivity contribution in [2.45, 2.75) is 26.4 Å². The van der Waals surface area contributed by atoms with E-state index in [1.807, 2.05) is 0 Å². The molecule has 0 amide bonds. The number of ether oxygens (including phenoxy) is 1.